The molecule has 0 saturated carbocycles. The fourth-order valence-corrected chi connectivity index (χ4v) is 15.2. The minimum absolute atomic E-state index is 0.00110. The molecule has 0 spiro atoms. The van der Waals surface area contributed by atoms with Crippen LogP contribution in [0.5, 0.6) is 5.88 Å². The highest BCUT2D eigenvalue weighted by Crippen LogP contribution is 2.43. The molecule has 8 aliphatic rings. The molecular formula is C88H101F11N18O7. The van der Waals surface area contributed by atoms with Gasteiger partial charge in [-0.25, -0.2) is 41.9 Å². The van der Waals surface area contributed by atoms with Crippen LogP contribution >= 0.6 is 0 Å². The van der Waals surface area contributed by atoms with Crippen molar-refractivity contribution in [3.05, 3.63) is 210 Å². The van der Waals surface area contributed by atoms with Gasteiger partial charge in [-0.1, -0.05) is 19.7 Å². The first kappa shape index (κ1) is 91.5. The lowest BCUT2D eigenvalue weighted by Gasteiger charge is -2.44. The maximum atomic E-state index is 15.8. The van der Waals surface area contributed by atoms with Crippen LogP contribution < -0.4 is 55.8 Å². The first-order valence-corrected chi connectivity index (χ1v) is 40.3. The summed E-state index contributed by atoms with van der Waals surface area (Å²) in [6.45, 7) is 30.8. The number of morpholine rings is 2. The molecule has 5 saturated heterocycles. The molecule has 6 aromatic rings. The van der Waals surface area contributed by atoms with Crippen molar-refractivity contribution < 1.29 is 81.6 Å². The van der Waals surface area contributed by atoms with E-state index < -0.39 is 81.8 Å². The van der Waals surface area contributed by atoms with E-state index in [-0.39, 0.29) is 81.8 Å². The quantitative estimate of drug-likeness (QED) is 0.0375. The summed E-state index contributed by atoms with van der Waals surface area (Å²) in [5.41, 5.74) is -0.0273. The zero-order valence-electron chi connectivity index (χ0n) is 70.5. The van der Waals surface area contributed by atoms with E-state index in [4.69, 9.17) is 18.9 Å². The van der Waals surface area contributed by atoms with E-state index in [2.05, 4.69) is 92.8 Å². The molecule has 36 heteroatoms. The third-order valence-corrected chi connectivity index (χ3v) is 22.9. The number of likely N-dealkylation sites (N-methyl/N-ethyl adjacent to an activating group) is 4. The van der Waals surface area contributed by atoms with E-state index in [9.17, 15) is 49.5 Å². The maximum Gasteiger partial charge on any atom is 0.417 e. The zero-order chi connectivity index (χ0) is 89.3. The molecule has 5 atom stereocenters. The number of alkyl halides is 8. The molecule has 662 valence electrons. The molecular weight excluding hydrogens is 1630 g/mol. The van der Waals surface area contributed by atoms with Gasteiger partial charge >= 0.3 is 12.4 Å². The van der Waals surface area contributed by atoms with Crippen molar-refractivity contribution in [1.29, 1.82) is 0 Å². The van der Waals surface area contributed by atoms with Crippen molar-refractivity contribution in [1.82, 2.24) is 50.2 Å². The Balaban J connectivity index is 0.000000170. The third kappa shape index (κ3) is 21.7. The highest BCUT2D eigenvalue weighted by molar-refractivity contribution is 6.11. The van der Waals surface area contributed by atoms with E-state index >= 15 is 13.2 Å². The van der Waals surface area contributed by atoms with Gasteiger partial charge in [0.25, 0.3) is 24.1 Å². The van der Waals surface area contributed by atoms with E-state index in [1.165, 1.54) is 59.8 Å². The van der Waals surface area contributed by atoms with Crippen LogP contribution in [0.25, 0.3) is 33.4 Å². The first-order chi connectivity index (χ1) is 58.9. The first-order valence-electron chi connectivity index (χ1n) is 40.3. The number of benzene rings is 3. The van der Waals surface area contributed by atoms with Crippen molar-refractivity contribution in [3.8, 4) is 39.3 Å². The van der Waals surface area contributed by atoms with Gasteiger partial charge in [0.05, 0.1) is 95.0 Å². The van der Waals surface area contributed by atoms with Crippen LogP contribution in [-0.4, -0.2) is 253 Å². The standard InChI is InChI=1S/C30H34F4N6O2.C29H33F4N5O3.C29H34F3N7O2/c1-18-11-24(30(32,33)34)23(15-35-18)29(41)37-26-12-22(21-5-6-28(36-14-21)39-7-9-42-10-8-39)25(31)13-27(26)40-16-19(2)38(4)20(3)17-40;1-17-10-23(29(31,32)33)22(14-34-17)28(39)36-25-11-21(20-6-7-27(35-13-20)41-9-8-40-5)24(30)12-26(25)38-15-18(2)37(4)19(3)16-38;1-18-11-22(27(31)32)23(17-37(18)4)28(40)35-25-12-21(20-14-33-29(34-15-20)38-7-9-41-10-8-38)24(30)13-26(25)39-6-5-36(3)19(2)16-39/h5-6,11-15,19-20,35H,1,7-10,16-17H2,2-4H3,(H,37,41);6-7,10-14,18-19,34H,1,8-9,15-16H2,2-5H3,(H,36,39);11-15,17,19,27H,1,5-10,16H2,2-4H3,(H,35,40)/t19-,20+;18-,19+;19-/m..0/s1. The number of hydrogen-bond acceptors (Lipinski definition) is 22. The highest BCUT2D eigenvalue weighted by Gasteiger charge is 2.43. The number of dihydropyridines is 2. The molecule has 5 N–H and O–H groups in total. The van der Waals surface area contributed by atoms with Gasteiger partial charge in [0.1, 0.15) is 29.9 Å². The van der Waals surface area contributed by atoms with Gasteiger partial charge in [0.15, 0.2) is 0 Å². The smallest absolute Gasteiger partial charge is 0.417 e. The van der Waals surface area contributed by atoms with Crippen LogP contribution in [0.4, 0.5) is 94.2 Å². The van der Waals surface area contributed by atoms with Crippen molar-refractivity contribution >= 4 is 63.6 Å². The molecule has 3 amide bonds. The monoisotopic (exact) mass is 1730 g/mol. The van der Waals surface area contributed by atoms with E-state index in [0.717, 1.165) is 36.9 Å². The number of carbonyl (C=O) groups is 3. The lowest BCUT2D eigenvalue weighted by molar-refractivity contribution is -0.115. The number of amides is 3. The summed E-state index contributed by atoms with van der Waals surface area (Å²) in [6, 6.07) is 15.8. The van der Waals surface area contributed by atoms with Crippen molar-refractivity contribution in [2.24, 2.45) is 0 Å². The lowest BCUT2D eigenvalue weighted by Crippen LogP contribution is -2.55. The predicted octanol–water partition coefficient (Wildman–Crippen LogP) is 13.3. The highest BCUT2D eigenvalue weighted by atomic mass is 19.4. The Morgan fingerprint density at radius 3 is 1.35 bits per heavy atom. The summed E-state index contributed by atoms with van der Waals surface area (Å²) in [5.74, 6) is -2.73. The molecule has 0 aliphatic carbocycles. The second-order valence-corrected chi connectivity index (χ2v) is 31.4. The van der Waals surface area contributed by atoms with E-state index in [0.29, 0.717) is 155 Å². The maximum absolute atomic E-state index is 15.8. The van der Waals surface area contributed by atoms with Gasteiger partial charge in [-0.3, -0.25) is 24.2 Å². The van der Waals surface area contributed by atoms with Crippen molar-refractivity contribution in [3.63, 3.8) is 0 Å². The molecule has 3 aromatic heterocycles. The second kappa shape index (κ2) is 39.4. The number of piperazine rings is 3. The van der Waals surface area contributed by atoms with Gasteiger partial charge in [0, 0.05) is 222 Å². The number of nitrogens with one attached hydrogen (secondary N) is 5. The number of aromatic nitrogens is 4. The van der Waals surface area contributed by atoms with Crippen LogP contribution in [0.2, 0.25) is 0 Å². The number of nitrogens with zero attached hydrogens (tertiary/aromatic N) is 13. The number of methoxy groups -OCH3 is 1. The van der Waals surface area contributed by atoms with Crippen LogP contribution in [0, 0.1) is 17.5 Å². The summed E-state index contributed by atoms with van der Waals surface area (Å²) in [7, 11) is 9.20. The summed E-state index contributed by atoms with van der Waals surface area (Å²) < 4.78 is 179. The molecule has 124 heavy (non-hydrogen) atoms. The number of halogens is 11. The number of pyridine rings is 2. The van der Waals surface area contributed by atoms with Crippen LogP contribution in [0.15, 0.2) is 193 Å². The van der Waals surface area contributed by atoms with Crippen LogP contribution in [-0.2, 0) is 28.6 Å². The van der Waals surface area contributed by atoms with Crippen molar-refractivity contribution in [2.75, 3.05) is 187 Å². The molecule has 0 bridgehead atoms. The second-order valence-electron chi connectivity index (χ2n) is 31.4. The number of rotatable bonds is 19. The van der Waals surface area contributed by atoms with Crippen molar-refractivity contribution in [2.45, 2.75) is 83.6 Å². The molecule has 8 aliphatic heterocycles. The SMILES string of the molecule is C=C1C=C(C(F)(F)F)C(C(=O)Nc2cc(-c3ccc(N4CCOCC4)nc3)c(F)cc2N2C[C@@H](C)N(C)[C@@H](C)C2)=CN1.C=C1C=C(C(F)(F)F)C(C(=O)Nc2cc(-c3ccc(OCCOC)nc3)c(F)cc2N2C[C@@H](C)N(C)[C@@H](C)C2)=CN1.C=C1C=C(C(F)F)C(C(=O)Nc2cc(-c3cnc(N4CCOCC4)nc3)c(F)cc2N2CCN(C)[C@@H](C)C2)=CN1C. The molecule has 0 unspecified atom stereocenters. The minimum atomic E-state index is -4.79. The average Bonchev–Trinajstić information content (AvgIpc) is 0.780. The Bertz CT molecular complexity index is 5120. The van der Waals surface area contributed by atoms with E-state index in [1.807, 2.05) is 68.4 Å². The van der Waals surface area contributed by atoms with Crippen LogP contribution in [0.1, 0.15) is 34.6 Å². The molecule has 14 rings (SSSR count). The molecule has 3 aromatic carbocycles. The van der Waals surface area contributed by atoms with Crippen LogP contribution in [0.3, 0.4) is 0 Å². The number of hydrogen-bond donors (Lipinski definition) is 5. The molecule has 0 radical (unpaired) electrons. The van der Waals surface area contributed by atoms with E-state index in [1.54, 1.807) is 57.0 Å². The lowest BCUT2D eigenvalue weighted by atomic mass is 10.0. The zero-order valence-corrected chi connectivity index (χ0v) is 70.5. The fourth-order valence-electron chi connectivity index (χ4n) is 15.2. The van der Waals surface area contributed by atoms with Gasteiger partial charge in [0.2, 0.25) is 11.8 Å². The van der Waals surface area contributed by atoms with Gasteiger partial charge < -0.3 is 79.8 Å². The Labute approximate surface area is 712 Å². The molecule has 5 fully saturated rings. The van der Waals surface area contributed by atoms with Gasteiger partial charge in [-0.2, -0.15) is 26.3 Å². The summed E-state index contributed by atoms with van der Waals surface area (Å²) in [6.07, 6.45) is -0.318. The Morgan fingerprint density at radius 1 is 0.508 bits per heavy atom. The third-order valence-electron chi connectivity index (χ3n) is 22.9. The number of anilines is 8. The number of ether oxygens (including phenoxy) is 4. The normalized spacial score (nSPS) is 20.7. The minimum Gasteiger partial charge on any atom is -0.475 e. The fraction of sp³-hybridized carbons (Fsp3) is 0.398. The summed E-state index contributed by atoms with van der Waals surface area (Å²) in [5, 5.41) is 13.2. The summed E-state index contributed by atoms with van der Waals surface area (Å²) in [4.78, 5) is 75.8. The molecule has 25 nitrogen and oxygen atoms in total. The Kier molecular flexibility index (Phi) is 29.1. The Hall–Kier alpha value is -11.7. The average molecular weight is 1730 g/mol. The largest absolute Gasteiger partial charge is 0.475 e. The number of allylic oxidation sites excluding steroid dienone is 3. The molecule has 11 heterocycles. The predicted molar refractivity (Wildman–Crippen MR) is 456 cm³/mol. The topological polar surface area (TPSA) is 229 Å². The number of carbonyl (C=O) groups excluding carboxylic acids is 3. The van der Waals surface area contributed by atoms with Gasteiger partial charge in [-0.15, -0.1) is 0 Å². The summed E-state index contributed by atoms with van der Waals surface area (Å²) >= 11 is 0. The Morgan fingerprint density at radius 2 is 0.927 bits per heavy atom. The van der Waals surface area contributed by atoms with Gasteiger partial charge in [-0.05, 0) is 129 Å².